The van der Waals surface area contributed by atoms with Crippen molar-refractivity contribution in [2.45, 2.75) is 46.5 Å². The van der Waals surface area contributed by atoms with Crippen molar-refractivity contribution in [2.75, 3.05) is 19.0 Å². The third-order valence-electron chi connectivity index (χ3n) is 5.49. The third kappa shape index (κ3) is 2.97. The number of hydrogen-bond donors (Lipinski definition) is 1. The predicted molar refractivity (Wildman–Crippen MR) is 106 cm³/mol. The van der Waals surface area contributed by atoms with Gasteiger partial charge >= 0.3 is 0 Å². The summed E-state index contributed by atoms with van der Waals surface area (Å²) in [5.74, 6) is 1.91. The van der Waals surface area contributed by atoms with Crippen LogP contribution in [0.25, 0.3) is 0 Å². The molecular formula is C22H26N2O4. The molecule has 0 saturated carbocycles. The molecule has 1 unspecified atom stereocenters. The summed E-state index contributed by atoms with van der Waals surface area (Å²) in [4.78, 5) is 13.2. The van der Waals surface area contributed by atoms with Gasteiger partial charge in [0.15, 0.2) is 17.3 Å². The number of aromatic nitrogens is 1. The monoisotopic (exact) mass is 382 g/mol. The number of methoxy groups -OCH3 is 1. The van der Waals surface area contributed by atoms with Crippen LogP contribution in [0.2, 0.25) is 0 Å². The van der Waals surface area contributed by atoms with Gasteiger partial charge in [0.1, 0.15) is 0 Å². The molecule has 1 aliphatic heterocycles. The highest BCUT2D eigenvalue weighted by atomic mass is 16.5. The number of anilines is 1. The molecule has 6 nitrogen and oxygen atoms in total. The quantitative estimate of drug-likeness (QED) is 0.834. The number of nitrogens with zero attached hydrogens (tertiary/aromatic N) is 1. The van der Waals surface area contributed by atoms with E-state index in [0.29, 0.717) is 30.4 Å². The highest BCUT2D eigenvalue weighted by molar-refractivity contribution is 6.01. The second kappa shape index (κ2) is 6.69. The van der Waals surface area contributed by atoms with Gasteiger partial charge in [-0.1, -0.05) is 25.1 Å². The Bertz CT molecular complexity index is 971. The molecule has 1 aromatic carbocycles. The first-order chi connectivity index (χ1) is 13.3. The summed E-state index contributed by atoms with van der Waals surface area (Å²) in [5.41, 5.74) is 4.33. The van der Waals surface area contributed by atoms with Crippen LogP contribution in [0.15, 0.2) is 34.0 Å². The molecule has 1 aliphatic carbocycles. The summed E-state index contributed by atoms with van der Waals surface area (Å²) in [6.45, 7) is 8.61. The van der Waals surface area contributed by atoms with Crippen LogP contribution in [0.3, 0.4) is 0 Å². The predicted octanol–water partition coefficient (Wildman–Crippen LogP) is 4.59. The Kier molecular flexibility index (Phi) is 4.44. The standard InChI is InChI=1S/C22H26N2O4/c1-6-27-17-9-13(7-8-16(17)26-5)19-18-12(2)24-28-21(18)23-14-10-22(3,4)11-15(25)20(14)19/h7-9,19,23H,6,10-11H2,1-5H3. The number of rotatable bonds is 4. The minimum Gasteiger partial charge on any atom is -0.493 e. The number of allylic oxidation sites excluding steroid dienone is 2. The van der Waals surface area contributed by atoms with Gasteiger partial charge in [0.25, 0.3) is 0 Å². The zero-order valence-electron chi connectivity index (χ0n) is 17.0. The molecule has 6 heteroatoms. The molecule has 0 bridgehead atoms. The molecule has 0 radical (unpaired) electrons. The average Bonchev–Trinajstić information content (AvgIpc) is 3.00. The summed E-state index contributed by atoms with van der Waals surface area (Å²) in [7, 11) is 1.62. The highest BCUT2D eigenvalue weighted by Crippen LogP contribution is 2.50. The molecule has 0 fully saturated rings. The average molecular weight is 382 g/mol. The van der Waals surface area contributed by atoms with Crippen LogP contribution >= 0.6 is 0 Å². The topological polar surface area (TPSA) is 73.6 Å². The molecule has 4 rings (SSSR count). The van der Waals surface area contributed by atoms with Crippen molar-refractivity contribution >= 4 is 11.7 Å². The van der Waals surface area contributed by atoms with Crippen molar-refractivity contribution < 1.29 is 18.8 Å². The van der Waals surface area contributed by atoms with Crippen molar-refractivity contribution in [1.82, 2.24) is 5.16 Å². The summed E-state index contributed by atoms with van der Waals surface area (Å²) in [5, 5.41) is 7.50. The molecule has 1 aromatic heterocycles. The van der Waals surface area contributed by atoms with E-state index in [4.69, 9.17) is 14.0 Å². The Labute approximate surface area is 164 Å². The fourth-order valence-electron chi connectivity index (χ4n) is 4.34. The van der Waals surface area contributed by atoms with Gasteiger partial charge in [0, 0.05) is 23.6 Å². The van der Waals surface area contributed by atoms with Gasteiger partial charge < -0.3 is 19.3 Å². The maximum atomic E-state index is 13.2. The maximum Gasteiger partial charge on any atom is 0.233 e. The van der Waals surface area contributed by atoms with E-state index in [0.717, 1.165) is 34.5 Å². The van der Waals surface area contributed by atoms with E-state index < -0.39 is 0 Å². The number of nitrogens with one attached hydrogen (secondary N) is 1. The van der Waals surface area contributed by atoms with Crippen LogP contribution in [-0.4, -0.2) is 24.7 Å². The lowest BCUT2D eigenvalue weighted by Crippen LogP contribution is -2.33. The van der Waals surface area contributed by atoms with Crippen molar-refractivity contribution in [1.29, 1.82) is 0 Å². The fraction of sp³-hybridized carbons (Fsp3) is 0.455. The summed E-state index contributed by atoms with van der Waals surface area (Å²) in [6.07, 6.45) is 1.32. The number of ether oxygens (including phenoxy) is 2. The number of carbonyl (C=O) groups excluding carboxylic acids is 1. The second-order valence-electron chi connectivity index (χ2n) is 8.25. The lowest BCUT2D eigenvalue weighted by molar-refractivity contribution is -0.118. The number of fused-ring (bicyclic) bond motifs is 1. The van der Waals surface area contributed by atoms with Crippen molar-refractivity contribution in [3.8, 4) is 11.5 Å². The van der Waals surface area contributed by atoms with Crippen LogP contribution < -0.4 is 14.8 Å². The fourth-order valence-corrected chi connectivity index (χ4v) is 4.34. The molecule has 0 spiro atoms. The number of ketones is 1. The zero-order valence-corrected chi connectivity index (χ0v) is 17.0. The molecule has 2 aromatic rings. The number of carbonyl (C=O) groups is 1. The minimum absolute atomic E-state index is 0.0869. The lowest BCUT2D eigenvalue weighted by Gasteiger charge is -2.37. The Balaban J connectivity index is 1.90. The Morgan fingerprint density at radius 2 is 2.07 bits per heavy atom. The molecule has 28 heavy (non-hydrogen) atoms. The lowest BCUT2D eigenvalue weighted by atomic mass is 9.69. The molecule has 148 valence electrons. The Morgan fingerprint density at radius 1 is 1.29 bits per heavy atom. The van der Waals surface area contributed by atoms with Gasteiger partial charge in [-0.2, -0.15) is 0 Å². The van der Waals surface area contributed by atoms with E-state index in [2.05, 4.69) is 24.3 Å². The van der Waals surface area contributed by atoms with Crippen molar-refractivity contribution in [3.05, 3.63) is 46.3 Å². The van der Waals surface area contributed by atoms with E-state index in [1.165, 1.54) is 0 Å². The van der Waals surface area contributed by atoms with E-state index in [9.17, 15) is 4.79 Å². The van der Waals surface area contributed by atoms with E-state index in [1.807, 2.05) is 32.0 Å². The van der Waals surface area contributed by atoms with Gasteiger partial charge in [-0.3, -0.25) is 4.79 Å². The van der Waals surface area contributed by atoms with Gasteiger partial charge in [0.2, 0.25) is 5.88 Å². The van der Waals surface area contributed by atoms with Gasteiger partial charge in [-0.25, -0.2) is 0 Å². The molecule has 0 saturated heterocycles. The summed E-state index contributed by atoms with van der Waals surface area (Å²) >= 11 is 0. The summed E-state index contributed by atoms with van der Waals surface area (Å²) < 4.78 is 16.8. The van der Waals surface area contributed by atoms with Gasteiger partial charge in [-0.05, 0) is 43.4 Å². The molecule has 1 N–H and O–H groups in total. The third-order valence-corrected chi connectivity index (χ3v) is 5.49. The first-order valence-electron chi connectivity index (χ1n) is 9.64. The zero-order chi connectivity index (χ0) is 20.1. The van der Waals surface area contributed by atoms with E-state index in [1.54, 1.807) is 7.11 Å². The van der Waals surface area contributed by atoms with Crippen molar-refractivity contribution in [3.63, 3.8) is 0 Å². The molecule has 0 amide bonds. The number of benzene rings is 1. The molecular weight excluding hydrogens is 356 g/mol. The largest absolute Gasteiger partial charge is 0.493 e. The van der Waals surface area contributed by atoms with Crippen molar-refractivity contribution in [2.24, 2.45) is 5.41 Å². The minimum atomic E-state index is -0.230. The number of Topliss-reactive ketones (excluding diaryl/α,β-unsaturated/α-hetero) is 1. The molecule has 1 atom stereocenters. The van der Waals surface area contributed by atoms with Crippen LogP contribution in [0.1, 0.15) is 56.4 Å². The maximum absolute atomic E-state index is 13.2. The van der Waals surface area contributed by atoms with Gasteiger partial charge in [0.05, 0.1) is 25.0 Å². The molecule has 2 heterocycles. The normalized spacial score (nSPS) is 20.3. The van der Waals surface area contributed by atoms with E-state index in [-0.39, 0.29) is 17.1 Å². The number of hydrogen-bond acceptors (Lipinski definition) is 6. The Hall–Kier alpha value is -2.76. The van der Waals surface area contributed by atoms with Gasteiger partial charge in [-0.15, -0.1) is 0 Å². The molecule has 2 aliphatic rings. The first-order valence-corrected chi connectivity index (χ1v) is 9.64. The second-order valence-corrected chi connectivity index (χ2v) is 8.25. The summed E-state index contributed by atoms with van der Waals surface area (Å²) in [6, 6.07) is 5.85. The first kappa shape index (κ1) is 18.6. The smallest absolute Gasteiger partial charge is 0.233 e. The van der Waals surface area contributed by atoms with Crippen LogP contribution in [0.5, 0.6) is 11.5 Å². The van der Waals surface area contributed by atoms with Crippen LogP contribution in [0.4, 0.5) is 5.88 Å². The van der Waals surface area contributed by atoms with Crippen LogP contribution in [-0.2, 0) is 4.79 Å². The van der Waals surface area contributed by atoms with Crippen LogP contribution in [0, 0.1) is 12.3 Å². The van der Waals surface area contributed by atoms with E-state index >= 15 is 0 Å². The Morgan fingerprint density at radius 3 is 2.79 bits per heavy atom. The number of aryl methyl sites for hydroxylation is 1. The highest BCUT2D eigenvalue weighted by Gasteiger charge is 2.43. The SMILES string of the molecule is CCOc1cc(C2C3=C(CC(C)(C)CC3=O)Nc3onc(C)c32)ccc1OC.